The van der Waals surface area contributed by atoms with Crippen molar-refractivity contribution < 1.29 is 18.7 Å². The molecule has 1 amide bonds. The first-order valence-corrected chi connectivity index (χ1v) is 10.8. The van der Waals surface area contributed by atoms with Gasteiger partial charge in [-0.1, -0.05) is 17.8 Å². The van der Waals surface area contributed by atoms with E-state index in [0.29, 0.717) is 22.4 Å². The summed E-state index contributed by atoms with van der Waals surface area (Å²) in [5.41, 5.74) is 0.415. The molecule has 0 spiro atoms. The second kappa shape index (κ2) is 10.3. The van der Waals surface area contributed by atoms with Gasteiger partial charge >= 0.3 is 0 Å². The lowest BCUT2D eigenvalue weighted by molar-refractivity contribution is -0.113. The van der Waals surface area contributed by atoms with Crippen LogP contribution in [0.25, 0.3) is 0 Å². The Labute approximate surface area is 185 Å². The number of carbonyl (C=O) groups is 1. The van der Waals surface area contributed by atoms with E-state index in [0.717, 1.165) is 5.75 Å². The Morgan fingerprint density at radius 2 is 1.84 bits per heavy atom. The van der Waals surface area contributed by atoms with Crippen molar-refractivity contribution in [2.45, 2.75) is 38.1 Å². The summed E-state index contributed by atoms with van der Waals surface area (Å²) in [5, 5.41) is 11.9. The summed E-state index contributed by atoms with van der Waals surface area (Å²) >= 11 is 1.27. The normalized spacial score (nSPS) is 11.9. The summed E-state index contributed by atoms with van der Waals surface area (Å²) in [6.07, 6.45) is -0.348. The van der Waals surface area contributed by atoms with E-state index >= 15 is 0 Å². The molecule has 2 aromatic carbocycles. The molecule has 0 radical (unpaired) electrons. The predicted molar refractivity (Wildman–Crippen MR) is 118 cm³/mol. The van der Waals surface area contributed by atoms with Crippen molar-refractivity contribution in [1.82, 2.24) is 14.8 Å². The molecule has 0 bridgehead atoms. The Bertz CT molecular complexity index is 1020. The minimum absolute atomic E-state index is 0.0701. The smallest absolute Gasteiger partial charge is 0.234 e. The number of halogens is 1. The second-order valence-corrected chi connectivity index (χ2v) is 8.03. The summed E-state index contributed by atoms with van der Waals surface area (Å²) in [6.45, 7) is 5.94. The fourth-order valence-electron chi connectivity index (χ4n) is 2.95. The largest absolute Gasteiger partial charge is 0.497 e. The number of methoxy groups -OCH3 is 1. The van der Waals surface area contributed by atoms with E-state index in [1.54, 1.807) is 19.2 Å². The summed E-state index contributed by atoms with van der Waals surface area (Å²) in [6, 6.07) is 13.2. The van der Waals surface area contributed by atoms with Gasteiger partial charge in [0, 0.05) is 11.7 Å². The average Bonchev–Trinajstić information content (AvgIpc) is 3.17. The topological polar surface area (TPSA) is 78.3 Å². The maximum atomic E-state index is 13.3. The molecule has 3 aromatic rings. The van der Waals surface area contributed by atoms with Crippen LogP contribution in [0.3, 0.4) is 0 Å². The van der Waals surface area contributed by atoms with Crippen LogP contribution in [0.4, 0.5) is 10.1 Å². The van der Waals surface area contributed by atoms with Gasteiger partial charge in [0.1, 0.15) is 17.3 Å². The lowest BCUT2D eigenvalue weighted by Gasteiger charge is -2.19. The van der Waals surface area contributed by atoms with Crippen LogP contribution in [0.1, 0.15) is 38.7 Å². The van der Waals surface area contributed by atoms with E-state index in [-0.39, 0.29) is 23.8 Å². The van der Waals surface area contributed by atoms with Crippen molar-refractivity contribution >= 4 is 23.4 Å². The average molecular weight is 445 g/mol. The van der Waals surface area contributed by atoms with Crippen LogP contribution < -0.4 is 14.8 Å². The fraction of sp³-hybridized carbons (Fsp3) is 0.318. The summed E-state index contributed by atoms with van der Waals surface area (Å²) in [4.78, 5) is 12.3. The highest BCUT2D eigenvalue weighted by Gasteiger charge is 2.22. The van der Waals surface area contributed by atoms with E-state index in [2.05, 4.69) is 15.5 Å². The molecule has 1 heterocycles. The Kier molecular flexibility index (Phi) is 7.51. The number of hydrogen-bond donors (Lipinski definition) is 1. The molecular weight excluding hydrogens is 419 g/mol. The molecule has 7 nitrogen and oxygen atoms in total. The van der Waals surface area contributed by atoms with Gasteiger partial charge in [0.15, 0.2) is 17.1 Å². The van der Waals surface area contributed by atoms with E-state index < -0.39 is 5.82 Å². The Morgan fingerprint density at radius 3 is 2.48 bits per heavy atom. The van der Waals surface area contributed by atoms with E-state index in [9.17, 15) is 9.18 Å². The van der Waals surface area contributed by atoms with Gasteiger partial charge in [0.05, 0.1) is 12.9 Å². The molecule has 3 rings (SSSR count). The molecule has 0 saturated heterocycles. The highest BCUT2D eigenvalue weighted by Crippen LogP contribution is 2.28. The van der Waals surface area contributed by atoms with Crippen molar-refractivity contribution in [2.24, 2.45) is 0 Å². The molecule has 164 valence electrons. The Morgan fingerprint density at radius 1 is 1.13 bits per heavy atom. The number of amides is 1. The fourth-order valence-corrected chi connectivity index (χ4v) is 3.83. The standard InChI is InChI=1S/C22H25FN4O3S/c1-14(2)27-21(15(3)30-19-10-8-18(29-4)9-11-19)25-26-22(27)31-13-20(28)24-17-7-5-6-16(23)12-17/h5-12,14-15H,13H2,1-4H3,(H,24,28). The third-order valence-corrected chi connectivity index (χ3v) is 5.33. The molecular formula is C22H25FN4O3S. The van der Waals surface area contributed by atoms with Gasteiger partial charge in [-0.25, -0.2) is 4.39 Å². The molecule has 0 aliphatic heterocycles. The van der Waals surface area contributed by atoms with E-state index in [4.69, 9.17) is 9.47 Å². The molecule has 0 fully saturated rings. The monoisotopic (exact) mass is 444 g/mol. The van der Waals surface area contributed by atoms with Crippen molar-refractivity contribution in [1.29, 1.82) is 0 Å². The van der Waals surface area contributed by atoms with Gasteiger partial charge in [-0.2, -0.15) is 0 Å². The molecule has 31 heavy (non-hydrogen) atoms. The van der Waals surface area contributed by atoms with Crippen LogP contribution >= 0.6 is 11.8 Å². The van der Waals surface area contributed by atoms with Crippen LogP contribution in [-0.4, -0.2) is 33.5 Å². The zero-order valence-corrected chi connectivity index (χ0v) is 18.6. The number of nitrogens with one attached hydrogen (secondary N) is 1. The van der Waals surface area contributed by atoms with Crippen molar-refractivity contribution in [3.8, 4) is 11.5 Å². The third kappa shape index (κ3) is 5.97. The molecule has 1 atom stereocenters. The summed E-state index contributed by atoms with van der Waals surface area (Å²) in [7, 11) is 1.61. The van der Waals surface area contributed by atoms with Gasteiger partial charge in [-0.15, -0.1) is 10.2 Å². The van der Waals surface area contributed by atoms with Gasteiger partial charge in [-0.3, -0.25) is 4.79 Å². The molecule has 0 saturated carbocycles. The lowest BCUT2D eigenvalue weighted by atomic mass is 10.3. The lowest BCUT2D eigenvalue weighted by Crippen LogP contribution is -2.16. The molecule has 1 unspecified atom stereocenters. The first kappa shape index (κ1) is 22.6. The highest BCUT2D eigenvalue weighted by molar-refractivity contribution is 7.99. The van der Waals surface area contributed by atoms with E-state index in [1.807, 2.05) is 49.6 Å². The van der Waals surface area contributed by atoms with Gasteiger partial charge in [0.25, 0.3) is 0 Å². The molecule has 0 aliphatic carbocycles. The summed E-state index contributed by atoms with van der Waals surface area (Å²) < 4.78 is 26.4. The maximum Gasteiger partial charge on any atom is 0.234 e. The first-order valence-electron chi connectivity index (χ1n) is 9.81. The predicted octanol–water partition coefficient (Wildman–Crippen LogP) is 4.88. The van der Waals surface area contributed by atoms with Crippen LogP contribution in [0, 0.1) is 5.82 Å². The number of carbonyl (C=O) groups excluding carboxylic acids is 1. The maximum absolute atomic E-state index is 13.3. The second-order valence-electron chi connectivity index (χ2n) is 7.09. The number of rotatable bonds is 9. The van der Waals surface area contributed by atoms with Crippen LogP contribution in [-0.2, 0) is 4.79 Å². The van der Waals surface area contributed by atoms with E-state index in [1.165, 1.54) is 23.9 Å². The number of hydrogen-bond acceptors (Lipinski definition) is 6. The van der Waals surface area contributed by atoms with Gasteiger partial charge < -0.3 is 19.4 Å². The number of aromatic nitrogens is 3. The molecule has 1 N–H and O–H groups in total. The summed E-state index contributed by atoms with van der Waals surface area (Å²) in [5.74, 6) is 1.57. The quantitative estimate of drug-likeness (QED) is 0.474. The number of thioether (sulfide) groups is 1. The SMILES string of the molecule is COc1ccc(OC(C)c2nnc(SCC(=O)Nc3cccc(F)c3)n2C(C)C)cc1. The van der Waals surface area contributed by atoms with Crippen molar-refractivity contribution in [2.75, 3.05) is 18.2 Å². The van der Waals surface area contributed by atoms with Crippen LogP contribution in [0.15, 0.2) is 53.7 Å². The molecule has 0 aliphatic rings. The van der Waals surface area contributed by atoms with Gasteiger partial charge in [-0.05, 0) is 63.2 Å². The van der Waals surface area contributed by atoms with Crippen LogP contribution in [0.5, 0.6) is 11.5 Å². The highest BCUT2D eigenvalue weighted by atomic mass is 32.2. The Balaban J connectivity index is 1.67. The van der Waals surface area contributed by atoms with Crippen LogP contribution in [0.2, 0.25) is 0 Å². The number of anilines is 1. The molecule has 1 aromatic heterocycles. The zero-order valence-electron chi connectivity index (χ0n) is 17.8. The minimum Gasteiger partial charge on any atom is -0.497 e. The number of nitrogens with zero attached hydrogens (tertiary/aromatic N) is 3. The van der Waals surface area contributed by atoms with Crippen molar-refractivity contribution in [3.05, 3.63) is 60.2 Å². The molecule has 9 heteroatoms. The zero-order chi connectivity index (χ0) is 22.4. The third-order valence-electron chi connectivity index (χ3n) is 4.38. The van der Waals surface area contributed by atoms with Gasteiger partial charge in [0.2, 0.25) is 5.91 Å². The Hall–Kier alpha value is -3.07. The minimum atomic E-state index is -0.402. The first-order chi connectivity index (χ1) is 14.9. The van der Waals surface area contributed by atoms with Crippen molar-refractivity contribution in [3.63, 3.8) is 0 Å². The number of benzene rings is 2. The number of ether oxygens (including phenoxy) is 2.